The maximum absolute atomic E-state index is 13.5. The Hall–Kier alpha value is -2.05. The third-order valence-electron chi connectivity index (χ3n) is 6.80. The van der Waals surface area contributed by atoms with Gasteiger partial charge in [0.25, 0.3) is 5.92 Å². The standard InChI is InChI=1S/C21H25F3N2O2/c22-15-4-1-3-14(11-15)12-18(27)26-10-9-20(13-26)7-2-5-16(20)19(28)25-17-6-8-21(17,23)24/h1,3-4,11,16-17H,2,5-10,12-13H2,(H,25,28)/t16-,17-,20-/m1/s1. The predicted molar refractivity (Wildman–Crippen MR) is 97.2 cm³/mol. The summed E-state index contributed by atoms with van der Waals surface area (Å²) in [5, 5.41) is 2.56. The van der Waals surface area contributed by atoms with Crippen LogP contribution in [0.4, 0.5) is 13.2 Å². The first-order valence-electron chi connectivity index (χ1n) is 10.00. The Bertz CT molecular complexity index is 785. The van der Waals surface area contributed by atoms with Crippen LogP contribution >= 0.6 is 0 Å². The zero-order valence-electron chi connectivity index (χ0n) is 15.7. The monoisotopic (exact) mass is 394 g/mol. The second kappa shape index (κ2) is 7.08. The fraction of sp³-hybridized carbons (Fsp3) is 0.619. The molecule has 2 saturated carbocycles. The molecule has 1 heterocycles. The van der Waals surface area contributed by atoms with Crippen molar-refractivity contribution in [3.63, 3.8) is 0 Å². The molecule has 4 nitrogen and oxygen atoms in total. The first-order valence-corrected chi connectivity index (χ1v) is 10.00. The Morgan fingerprint density at radius 3 is 2.68 bits per heavy atom. The first kappa shape index (κ1) is 19.3. The van der Waals surface area contributed by atoms with Gasteiger partial charge in [0.2, 0.25) is 11.8 Å². The molecular weight excluding hydrogens is 369 g/mol. The third kappa shape index (κ3) is 3.51. The van der Waals surface area contributed by atoms with Crippen LogP contribution in [0, 0.1) is 17.2 Å². The highest BCUT2D eigenvalue weighted by molar-refractivity contribution is 5.82. The van der Waals surface area contributed by atoms with Crippen LogP contribution in [0.3, 0.4) is 0 Å². The molecule has 0 bridgehead atoms. The molecular formula is C21H25F3N2O2. The average Bonchev–Trinajstić information content (AvgIpc) is 3.26. The second-order valence-electron chi connectivity index (χ2n) is 8.54. The molecule has 4 rings (SSSR count). The van der Waals surface area contributed by atoms with Gasteiger partial charge in [-0.2, -0.15) is 0 Å². The third-order valence-corrected chi connectivity index (χ3v) is 6.80. The smallest absolute Gasteiger partial charge is 0.267 e. The summed E-state index contributed by atoms with van der Waals surface area (Å²) in [6, 6.07) is 4.94. The first-order chi connectivity index (χ1) is 13.3. The van der Waals surface area contributed by atoms with Crippen molar-refractivity contribution in [3.8, 4) is 0 Å². The van der Waals surface area contributed by atoms with Crippen LogP contribution in [0.25, 0.3) is 0 Å². The lowest BCUT2D eigenvalue weighted by Gasteiger charge is -2.39. The molecule has 1 N–H and O–H groups in total. The number of nitrogens with zero attached hydrogens (tertiary/aromatic N) is 1. The van der Waals surface area contributed by atoms with Gasteiger partial charge in [-0.25, -0.2) is 13.2 Å². The molecule has 7 heteroatoms. The van der Waals surface area contributed by atoms with Crippen LogP contribution in [-0.2, 0) is 16.0 Å². The van der Waals surface area contributed by atoms with Crippen LogP contribution in [0.15, 0.2) is 24.3 Å². The number of rotatable bonds is 4. The minimum Gasteiger partial charge on any atom is -0.347 e. The number of likely N-dealkylation sites (tertiary alicyclic amines) is 1. The molecule has 28 heavy (non-hydrogen) atoms. The summed E-state index contributed by atoms with van der Waals surface area (Å²) >= 11 is 0. The van der Waals surface area contributed by atoms with Crippen molar-refractivity contribution < 1.29 is 22.8 Å². The molecule has 3 aliphatic rings. The summed E-state index contributed by atoms with van der Waals surface area (Å²) in [5.74, 6) is -3.87. The number of halogens is 3. The van der Waals surface area contributed by atoms with Crippen LogP contribution in [0.1, 0.15) is 44.1 Å². The number of hydrogen-bond donors (Lipinski definition) is 1. The fourth-order valence-electron chi connectivity index (χ4n) is 5.04. The lowest BCUT2D eigenvalue weighted by atomic mass is 9.76. The van der Waals surface area contributed by atoms with E-state index in [1.165, 1.54) is 12.1 Å². The van der Waals surface area contributed by atoms with Gasteiger partial charge in [0.05, 0.1) is 12.5 Å². The second-order valence-corrected chi connectivity index (χ2v) is 8.54. The summed E-state index contributed by atoms with van der Waals surface area (Å²) in [5.41, 5.74) is 0.305. The molecule has 3 atom stereocenters. The SMILES string of the molecule is O=C(N[C@@H]1CCC1(F)F)[C@H]1CCC[C@]12CCN(C(=O)Cc1cccc(F)c1)C2. The number of carbonyl (C=O) groups is 2. The molecule has 3 fully saturated rings. The largest absolute Gasteiger partial charge is 0.347 e. The van der Waals surface area contributed by atoms with Crippen molar-refractivity contribution in [3.05, 3.63) is 35.6 Å². The molecule has 1 aromatic carbocycles. The number of hydrogen-bond acceptors (Lipinski definition) is 2. The van der Waals surface area contributed by atoms with Gasteiger partial charge in [0, 0.05) is 30.8 Å². The zero-order valence-corrected chi connectivity index (χ0v) is 15.7. The Morgan fingerprint density at radius 1 is 1.18 bits per heavy atom. The fourth-order valence-corrected chi connectivity index (χ4v) is 5.04. The summed E-state index contributed by atoms with van der Waals surface area (Å²) in [4.78, 5) is 27.1. The van der Waals surface area contributed by atoms with Gasteiger partial charge in [-0.05, 0) is 43.4 Å². The summed E-state index contributed by atoms with van der Waals surface area (Å²) in [7, 11) is 0. The van der Waals surface area contributed by atoms with Gasteiger partial charge in [-0.3, -0.25) is 9.59 Å². The van der Waals surface area contributed by atoms with Crippen LogP contribution in [0.2, 0.25) is 0 Å². The van der Waals surface area contributed by atoms with E-state index in [1.54, 1.807) is 17.0 Å². The molecule has 1 aliphatic heterocycles. The van der Waals surface area contributed by atoms with Gasteiger partial charge >= 0.3 is 0 Å². The van der Waals surface area contributed by atoms with Crippen molar-refractivity contribution >= 4 is 11.8 Å². The van der Waals surface area contributed by atoms with Gasteiger partial charge in [0.15, 0.2) is 0 Å². The Kier molecular flexibility index (Phi) is 4.88. The minimum atomic E-state index is -2.80. The van der Waals surface area contributed by atoms with E-state index in [4.69, 9.17) is 0 Å². The highest BCUT2D eigenvalue weighted by Gasteiger charge is 2.54. The molecule has 152 valence electrons. The van der Waals surface area contributed by atoms with E-state index < -0.39 is 12.0 Å². The number of benzene rings is 1. The summed E-state index contributed by atoms with van der Waals surface area (Å²) in [6.45, 7) is 1.03. The Morgan fingerprint density at radius 2 is 2.00 bits per heavy atom. The quantitative estimate of drug-likeness (QED) is 0.852. The van der Waals surface area contributed by atoms with E-state index in [2.05, 4.69) is 5.32 Å². The summed E-state index contributed by atoms with van der Waals surface area (Å²) < 4.78 is 40.4. The maximum Gasteiger partial charge on any atom is 0.267 e. The summed E-state index contributed by atoms with van der Waals surface area (Å²) in [6.07, 6.45) is 3.35. The lowest BCUT2D eigenvalue weighted by Crippen LogP contribution is -2.57. The molecule has 2 amide bonds. The lowest BCUT2D eigenvalue weighted by molar-refractivity contribution is -0.142. The highest BCUT2D eigenvalue weighted by atomic mass is 19.3. The molecule has 1 spiro atoms. The van der Waals surface area contributed by atoms with Crippen molar-refractivity contribution in [1.29, 1.82) is 0 Å². The Balaban J connectivity index is 1.39. The van der Waals surface area contributed by atoms with Gasteiger partial charge in [-0.1, -0.05) is 18.6 Å². The predicted octanol–water partition coefficient (Wildman–Crippen LogP) is 3.30. The minimum absolute atomic E-state index is 0.0842. The topological polar surface area (TPSA) is 49.4 Å². The van der Waals surface area contributed by atoms with E-state index >= 15 is 0 Å². The normalized spacial score (nSPS) is 31.0. The molecule has 1 saturated heterocycles. The number of amides is 2. The van der Waals surface area contributed by atoms with Crippen molar-refractivity contribution in [2.75, 3.05) is 13.1 Å². The number of alkyl halides is 2. The highest BCUT2D eigenvalue weighted by Crippen LogP contribution is 2.50. The van der Waals surface area contributed by atoms with Crippen molar-refractivity contribution in [2.24, 2.45) is 11.3 Å². The maximum atomic E-state index is 13.5. The number of nitrogens with one attached hydrogen (secondary N) is 1. The van der Waals surface area contributed by atoms with Crippen LogP contribution in [-0.4, -0.2) is 41.8 Å². The van der Waals surface area contributed by atoms with Gasteiger partial charge in [0.1, 0.15) is 5.82 Å². The van der Waals surface area contributed by atoms with E-state index in [0.717, 1.165) is 12.8 Å². The molecule has 0 unspecified atom stereocenters. The molecule has 0 radical (unpaired) electrons. The average molecular weight is 394 g/mol. The van der Waals surface area contributed by atoms with E-state index in [9.17, 15) is 22.8 Å². The van der Waals surface area contributed by atoms with Crippen LogP contribution < -0.4 is 5.32 Å². The van der Waals surface area contributed by atoms with Crippen molar-refractivity contribution in [1.82, 2.24) is 10.2 Å². The van der Waals surface area contributed by atoms with Gasteiger partial charge < -0.3 is 10.2 Å². The van der Waals surface area contributed by atoms with E-state index in [0.29, 0.717) is 37.9 Å². The number of carbonyl (C=O) groups excluding carboxylic acids is 2. The van der Waals surface area contributed by atoms with Gasteiger partial charge in [-0.15, -0.1) is 0 Å². The van der Waals surface area contributed by atoms with E-state index in [1.807, 2.05) is 0 Å². The Labute approximate surface area is 162 Å². The molecule has 0 aromatic heterocycles. The molecule has 2 aliphatic carbocycles. The van der Waals surface area contributed by atoms with Crippen molar-refractivity contribution in [2.45, 2.75) is 56.9 Å². The zero-order chi connectivity index (χ0) is 19.9. The van der Waals surface area contributed by atoms with E-state index in [-0.39, 0.29) is 41.8 Å². The van der Waals surface area contributed by atoms with Crippen LogP contribution in [0.5, 0.6) is 0 Å². The molecule has 1 aromatic rings.